The molecule has 2 heterocycles. The summed E-state index contributed by atoms with van der Waals surface area (Å²) in [4.78, 5) is 8.64. The minimum atomic E-state index is -3.14. The topological polar surface area (TPSA) is 100 Å². The molecule has 0 amide bonds. The Morgan fingerprint density at radius 1 is 1.35 bits per heavy atom. The molecule has 0 unspecified atom stereocenters. The Balaban J connectivity index is 1.71. The molecule has 1 aliphatic rings. The maximum atomic E-state index is 11.7. The maximum Gasteiger partial charge on any atom is 0.335 e. The molecule has 26 heavy (non-hydrogen) atoms. The van der Waals surface area contributed by atoms with Crippen LogP contribution in [0.1, 0.15) is 25.7 Å². The number of aliphatic hydroxyl groups excluding tert-OH is 1. The monoisotopic (exact) mass is 380 g/mol. The number of nitrogens with one attached hydrogen (secondary N) is 1. The number of hydrogen-bond donors (Lipinski definition) is 2. The molecule has 0 aromatic carbocycles. The zero-order chi connectivity index (χ0) is 18.7. The summed E-state index contributed by atoms with van der Waals surface area (Å²) in [6.45, 7) is -0.118. The first-order valence-corrected chi connectivity index (χ1v) is 10.5. The summed E-state index contributed by atoms with van der Waals surface area (Å²) in [6.07, 6.45) is 9.24. The zero-order valence-corrected chi connectivity index (χ0v) is 16.0. The SMILES string of the molecule is CNS(=O)(=O)CC1CCC(/C=[N+](/C)c2ncnc3c2ccn3CO)CC1. The molecular weight excluding hydrogens is 354 g/mol. The van der Waals surface area contributed by atoms with Gasteiger partial charge in [0.1, 0.15) is 12.1 Å². The van der Waals surface area contributed by atoms with E-state index in [0.29, 0.717) is 11.6 Å². The van der Waals surface area contributed by atoms with Crippen molar-refractivity contribution in [2.45, 2.75) is 32.4 Å². The van der Waals surface area contributed by atoms with Crippen molar-refractivity contribution in [2.24, 2.45) is 11.8 Å². The predicted molar refractivity (Wildman–Crippen MR) is 99.9 cm³/mol. The Kier molecular flexibility index (Phi) is 5.69. The van der Waals surface area contributed by atoms with Crippen LogP contribution in [0.4, 0.5) is 5.82 Å². The van der Waals surface area contributed by atoms with Gasteiger partial charge in [0.15, 0.2) is 5.65 Å². The second-order valence-corrected chi connectivity index (χ2v) is 8.86. The van der Waals surface area contributed by atoms with Gasteiger partial charge in [-0.15, -0.1) is 0 Å². The van der Waals surface area contributed by atoms with Crippen molar-refractivity contribution in [3.8, 4) is 0 Å². The third kappa shape index (κ3) is 4.11. The van der Waals surface area contributed by atoms with E-state index in [1.54, 1.807) is 10.8 Å². The van der Waals surface area contributed by atoms with Gasteiger partial charge in [-0.05, 0) is 49.7 Å². The summed E-state index contributed by atoms with van der Waals surface area (Å²) < 4.78 is 29.5. The lowest BCUT2D eigenvalue weighted by Crippen LogP contribution is -2.29. The van der Waals surface area contributed by atoms with Crippen LogP contribution in [0.15, 0.2) is 18.6 Å². The number of rotatable bonds is 6. The van der Waals surface area contributed by atoms with Crippen molar-refractivity contribution < 1.29 is 18.1 Å². The van der Waals surface area contributed by atoms with E-state index in [1.165, 1.54) is 13.4 Å². The molecule has 3 rings (SSSR count). The molecule has 0 bridgehead atoms. The van der Waals surface area contributed by atoms with Crippen LogP contribution in [0.3, 0.4) is 0 Å². The molecule has 1 aliphatic carbocycles. The Bertz CT molecular complexity index is 898. The normalized spacial score (nSPS) is 22.0. The number of nitrogens with zero attached hydrogens (tertiary/aromatic N) is 4. The van der Waals surface area contributed by atoms with Crippen LogP contribution in [-0.2, 0) is 16.8 Å². The lowest BCUT2D eigenvalue weighted by molar-refractivity contribution is -0.405. The van der Waals surface area contributed by atoms with E-state index in [1.807, 2.05) is 17.7 Å². The van der Waals surface area contributed by atoms with Crippen LogP contribution in [0.5, 0.6) is 0 Å². The molecule has 2 N–H and O–H groups in total. The first-order chi connectivity index (χ1) is 12.4. The van der Waals surface area contributed by atoms with Gasteiger partial charge in [-0.25, -0.2) is 17.7 Å². The lowest BCUT2D eigenvalue weighted by Gasteiger charge is -2.25. The van der Waals surface area contributed by atoms with Gasteiger partial charge in [-0.1, -0.05) is 0 Å². The van der Waals surface area contributed by atoms with Crippen LogP contribution in [0.25, 0.3) is 11.0 Å². The van der Waals surface area contributed by atoms with Gasteiger partial charge in [0.25, 0.3) is 0 Å². The smallest absolute Gasteiger partial charge is 0.335 e. The van der Waals surface area contributed by atoms with Gasteiger partial charge in [-0.3, -0.25) is 0 Å². The molecule has 0 atom stereocenters. The summed E-state index contributed by atoms with van der Waals surface area (Å²) in [7, 11) is 0.299. The molecule has 2 aromatic rings. The average Bonchev–Trinajstić information content (AvgIpc) is 3.06. The average molecular weight is 380 g/mol. The van der Waals surface area contributed by atoms with E-state index in [9.17, 15) is 13.5 Å². The quantitative estimate of drug-likeness (QED) is 0.577. The number of hydrogen-bond acceptors (Lipinski definition) is 5. The van der Waals surface area contributed by atoms with Gasteiger partial charge in [0.05, 0.1) is 19.0 Å². The van der Waals surface area contributed by atoms with Gasteiger partial charge in [-0.2, -0.15) is 4.98 Å². The minimum Gasteiger partial charge on any atom is -0.376 e. The lowest BCUT2D eigenvalue weighted by atomic mass is 9.83. The van der Waals surface area contributed by atoms with E-state index in [2.05, 4.69) is 20.9 Å². The summed E-state index contributed by atoms with van der Waals surface area (Å²) in [6, 6.07) is 1.91. The molecule has 0 radical (unpaired) electrons. The summed E-state index contributed by atoms with van der Waals surface area (Å²) in [5, 5.41) is 10.3. The van der Waals surface area contributed by atoms with Crippen LogP contribution < -0.4 is 4.72 Å². The maximum absolute atomic E-state index is 11.7. The molecule has 8 nitrogen and oxygen atoms in total. The third-order valence-corrected chi connectivity index (χ3v) is 6.65. The molecule has 142 valence electrons. The number of sulfonamides is 1. The molecule has 2 aromatic heterocycles. The predicted octanol–water partition coefficient (Wildman–Crippen LogP) is 1.08. The van der Waals surface area contributed by atoms with E-state index >= 15 is 0 Å². The van der Waals surface area contributed by atoms with Gasteiger partial charge in [0.2, 0.25) is 16.4 Å². The van der Waals surface area contributed by atoms with Crippen molar-refractivity contribution in [3.63, 3.8) is 0 Å². The Morgan fingerprint density at radius 3 is 2.73 bits per heavy atom. The highest BCUT2D eigenvalue weighted by atomic mass is 32.2. The molecule has 9 heteroatoms. The van der Waals surface area contributed by atoms with Crippen molar-refractivity contribution in [1.82, 2.24) is 19.3 Å². The number of aliphatic hydroxyl groups is 1. The first-order valence-electron chi connectivity index (χ1n) is 8.83. The molecule has 0 saturated heterocycles. The second-order valence-electron chi connectivity index (χ2n) is 6.89. The van der Waals surface area contributed by atoms with Crippen molar-refractivity contribution in [3.05, 3.63) is 18.6 Å². The van der Waals surface area contributed by atoms with Crippen LogP contribution >= 0.6 is 0 Å². The highest BCUT2D eigenvalue weighted by Crippen LogP contribution is 2.29. The van der Waals surface area contributed by atoms with Gasteiger partial charge >= 0.3 is 5.82 Å². The van der Waals surface area contributed by atoms with E-state index in [0.717, 1.165) is 36.9 Å². The fraction of sp³-hybridized carbons (Fsp3) is 0.588. The Labute approximate surface area is 153 Å². The van der Waals surface area contributed by atoms with Crippen molar-refractivity contribution >= 4 is 33.1 Å². The summed E-state index contributed by atoms with van der Waals surface area (Å²) in [5.74, 6) is 1.65. The fourth-order valence-electron chi connectivity index (χ4n) is 3.67. The van der Waals surface area contributed by atoms with Gasteiger partial charge in [0, 0.05) is 12.1 Å². The second kappa shape index (κ2) is 7.81. The van der Waals surface area contributed by atoms with Crippen molar-refractivity contribution in [1.29, 1.82) is 0 Å². The molecule has 1 saturated carbocycles. The molecular formula is C17H26N5O3S+. The minimum absolute atomic E-state index is 0.118. The fourth-order valence-corrected chi connectivity index (χ4v) is 4.79. The van der Waals surface area contributed by atoms with Gasteiger partial charge < -0.3 is 9.67 Å². The largest absolute Gasteiger partial charge is 0.376 e. The third-order valence-electron chi connectivity index (χ3n) is 5.11. The van der Waals surface area contributed by atoms with E-state index in [4.69, 9.17) is 0 Å². The van der Waals surface area contributed by atoms with Crippen LogP contribution in [0, 0.1) is 11.8 Å². The van der Waals surface area contributed by atoms with E-state index in [-0.39, 0.29) is 18.4 Å². The standard InChI is InChI=1S/C17H26N5O3S/c1-18-26(24,25)10-14-5-3-13(4-6-14)9-21(2)16-15-7-8-22(12-23)17(15)20-11-19-16/h7-9,11,13-14,18,23H,3-6,10,12H2,1-2H3/q+1/b21-9-. The Morgan fingerprint density at radius 2 is 2.08 bits per heavy atom. The molecule has 0 spiro atoms. The van der Waals surface area contributed by atoms with Crippen LogP contribution in [-0.4, -0.2) is 58.7 Å². The van der Waals surface area contributed by atoms with Crippen LogP contribution in [0.2, 0.25) is 0 Å². The Hall–Kier alpha value is -1.84. The number of fused-ring (bicyclic) bond motifs is 1. The van der Waals surface area contributed by atoms with E-state index < -0.39 is 10.0 Å². The highest BCUT2D eigenvalue weighted by Gasteiger charge is 2.26. The molecule has 0 aliphatic heterocycles. The summed E-state index contributed by atoms with van der Waals surface area (Å²) >= 11 is 0. The first kappa shape index (κ1) is 18.9. The zero-order valence-electron chi connectivity index (χ0n) is 15.2. The van der Waals surface area contributed by atoms with Crippen molar-refractivity contribution in [2.75, 3.05) is 19.8 Å². The molecule has 1 fully saturated rings. The summed E-state index contributed by atoms with van der Waals surface area (Å²) in [5.41, 5.74) is 0.707. The number of aromatic nitrogens is 3. The highest BCUT2D eigenvalue weighted by molar-refractivity contribution is 7.89.